The Labute approximate surface area is 109 Å². The third-order valence-electron chi connectivity index (χ3n) is 4.01. The van der Waals surface area contributed by atoms with E-state index in [4.69, 9.17) is 0 Å². The van der Waals surface area contributed by atoms with Gasteiger partial charge in [0.15, 0.2) is 0 Å². The predicted molar refractivity (Wildman–Crippen MR) is 71.0 cm³/mol. The first-order chi connectivity index (χ1) is 8.81. The lowest BCUT2D eigenvalue weighted by atomic mass is 9.79. The van der Waals surface area contributed by atoms with Gasteiger partial charge in [-0.1, -0.05) is 12.8 Å². The smallest absolute Gasteiger partial charge is 0.0753 e. The third kappa shape index (κ3) is 3.50. The van der Waals surface area contributed by atoms with Gasteiger partial charge in [-0.3, -0.25) is 9.97 Å². The van der Waals surface area contributed by atoms with Gasteiger partial charge in [-0.2, -0.15) is 0 Å². The van der Waals surface area contributed by atoms with E-state index >= 15 is 0 Å². The van der Waals surface area contributed by atoms with Gasteiger partial charge in [-0.25, -0.2) is 0 Å². The molecule has 1 aromatic heterocycles. The van der Waals surface area contributed by atoms with Crippen LogP contribution in [0.4, 0.5) is 0 Å². The monoisotopic (exact) mass is 249 g/mol. The molecule has 0 aromatic carbocycles. The van der Waals surface area contributed by atoms with Crippen LogP contribution in [-0.4, -0.2) is 28.2 Å². The molecular formula is C14H23N3O. The number of rotatable bonds is 5. The molecule has 1 fully saturated rings. The summed E-state index contributed by atoms with van der Waals surface area (Å²) in [6, 6.07) is 0.222. The van der Waals surface area contributed by atoms with Crippen LogP contribution in [-0.2, 0) is 0 Å². The lowest BCUT2D eigenvalue weighted by molar-refractivity contribution is 0.131. The van der Waals surface area contributed by atoms with Gasteiger partial charge in [0.25, 0.3) is 0 Å². The number of hydrogen-bond acceptors (Lipinski definition) is 4. The predicted octanol–water partition coefficient (Wildman–Crippen LogP) is 1.93. The van der Waals surface area contributed by atoms with Crippen LogP contribution in [0, 0.1) is 11.8 Å². The van der Waals surface area contributed by atoms with Gasteiger partial charge in [0.1, 0.15) is 0 Å². The fraction of sp³-hybridized carbons (Fsp3) is 0.714. The highest BCUT2D eigenvalue weighted by Gasteiger charge is 2.24. The molecular weight excluding hydrogens is 226 g/mol. The lowest BCUT2D eigenvalue weighted by Gasteiger charge is -2.31. The Morgan fingerprint density at radius 1 is 1.33 bits per heavy atom. The van der Waals surface area contributed by atoms with Crippen molar-refractivity contribution in [1.82, 2.24) is 15.3 Å². The minimum absolute atomic E-state index is 0.222. The first kappa shape index (κ1) is 13.4. The summed E-state index contributed by atoms with van der Waals surface area (Å²) in [6.07, 6.45) is 10.2. The van der Waals surface area contributed by atoms with Gasteiger partial charge in [0, 0.05) is 31.2 Å². The number of aliphatic hydroxyl groups is 1. The van der Waals surface area contributed by atoms with Crippen molar-refractivity contribution < 1.29 is 5.11 Å². The Bertz CT molecular complexity index is 344. The molecule has 3 atom stereocenters. The molecule has 0 amide bonds. The van der Waals surface area contributed by atoms with Crippen molar-refractivity contribution in [1.29, 1.82) is 0 Å². The zero-order chi connectivity index (χ0) is 12.8. The second-order valence-corrected chi connectivity index (χ2v) is 5.25. The molecule has 4 heteroatoms. The number of nitrogens with one attached hydrogen (secondary N) is 1. The molecule has 1 aliphatic carbocycles. The summed E-state index contributed by atoms with van der Waals surface area (Å²) < 4.78 is 0. The molecule has 0 saturated heterocycles. The molecule has 3 unspecified atom stereocenters. The highest BCUT2D eigenvalue weighted by Crippen LogP contribution is 2.29. The van der Waals surface area contributed by atoms with Gasteiger partial charge < -0.3 is 10.4 Å². The highest BCUT2D eigenvalue weighted by molar-refractivity contribution is 5.00. The Morgan fingerprint density at radius 2 is 2.11 bits per heavy atom. The maximum Gasteiger partial charge on any atom is 0.0753 e. The summed E-state index contributed by atoms with van der Waals surface area (Å²) in [5, 5.41) is 12.9. The zero-order valence-electron chi connectivity index (χ0n) is 11.0. The van der Waals surface area contributed by atoms with Crippen molar-refractivity contribution in [2.75, 3.05) is 13.2 Å². The Morgan fingerprint density at radius 3 is 2.78 bits per heavy atom. The Hall–Kier alpha value is -1.00. The number of aromatic nitrogens is 2. The van der Waals surface area contributed by atoms with Crippen LogP contribution in [0.25, 0.3) is 0 Å². The largest absolute Gasteiger partial charge is 0.396 e. The SMILES string of the molecule is CC(NCC1CCCCC1CO)c1cnccn1. The van der Waals surface area contributed by atoms with Crippen LogP contribution in [0.2, 0.25) is 0 Å². The number of nitrogens with zero attached hydrogens (tertiary/aromatic N) is 2. The zero-order valence-corrected chi connectivity index (χ0v) is 11.0. The molecule has 0 spiro atoms. The van der Waals surface area contributed by atoms with E-state index in [1.165, 1.54) is 25.7 Å². The van der Waals surface area contributed by atoms with Crippen LogP contribution in [0.5, 0.6) is 0 Å². The molecule has 18 heavy (non-hydrogen) atoms. The number of hydrogen-bond donors (Lipinski definition) is 2. The van der Waals surface area contributed by atoms with Gasteiger partial charge in [-0.15, -0.1) is 0 Å². The maximum absolute atomic E-state index is 9.39. The molecule has 1 saturated carbocycles. The van der Waals surface area contributed by atoms with Crippen molar-refractivity contribution in [2.24, 2.45) is 11.8 Å². The summed E-state index contributed by atoms with van der Waals surface area (Å²) in [4.78, 5) is 8.40. The molecule has 2 N–H and O–H groups in total. The van der Waals surface area contributed by atoms with Crippen molar-refractivity contribution >= 4 is 0 Å². The Balaban J connectivity index is 1.83. The minimum Gasteiger partial charge on any atom is -0.396 e. The quantitative estimate of drug-likeness (QED) is 0.837. The van der Waals surface area contributed by atoms with E-state index in [9.17, 15) is 5.11 Å². The molecule has 2 rings (SSSR count). The molecule has 0 aliphatic heterocycles. The fourth-order valence-electron chi connectivity index (χ4n) is 2.76. The van der Waals surface area contributed by atoms with Crippen molar-refractivity contribution in [3.05, 3.63) is 24.3 Å². The van der Waals surface area contributed by atoms with Gasteiger partial charge in [-0.05, 0) is 38.1 Å². The van der Waals surface area contributed by atoms with Crippen molar-refractivity contribution in [3.63, 3.8) is 0 Å². The molecule has 1 aromatic rings. The van der Waals surface area contributed by atoms with Crippen LogP contribution in [0.1, 0.15) is 44.3 Å². The Kier molecular flexibility index (Phi) is 5.08. The lowest BCUT2D eigenvalue weighted by Crippen LogP contribution is -2.33. The standard InChI is InChI=1S/C14H23N3O/c1-11(14-9-15-6-7-16-14)17-8-12-4-2-3-5-13(12)10-18/h6-7,9,11-13,17-18H,2-5,8,10H2,1H3. The topological polar surface area (TPSA) is 58.0 Å². The van der Waals surface area contributed by atoms with E-state index in [-0.39, 0.29) is 6.04 Å². The molecule has 1 heterocycles. The van der Waals surface area contributed by atoms with Crippen LogP contribution >= 0.6 is 0 Å². The van der Waals surface area contributed by atoms with E-state index in [1.807, 2.05) is 6.20 Å². The molecule has 4 nitrogen and oxygen atoms in total. The van der Waals surface area contributed by atoms with Crippen molar-refractivity contribution in [3.8, 4) is 0 Å². The number of aliphatic hydroxyl groups excluding tert-OH is 1. The highest BCUT2D eigenvalue weighted by atomic mass is 16.3. The van der Waals surface area contributed by atoms with E-state index in [1.54, 1.807) is 12.4 Å². The summed E-state index contributed by atoms with van der Waals surface area (Å²) >= 11 is 0. The average Bonchev–Trinajstić information content (AvgIpc) is 2.46. The van der Waals surface area contributed by atoms with Gasteiger partial charge in [0.2, 0.25) is 0 Å². The van der Waals surface area contributed by atoms with Gasteiger partial charge >= 0.3 is 0 Å². The van der Waals surface area contributed by atoms with Crippen LogP contribution < -0.4 is 5.32 Å². The first-order valence-electron chi connectivity index (χ1n) is 6.91. The second kappa shape index (κ2) is 6.81. The van der Waals surface area contributed by atoms with Gasteiger partial charge in [0.05, 0.1) is 5.69 Å². The second-order valence-electron chi connectivity index (χ2n) is 5.25. The van der Waals surface area contributed by atoms with Crippen molar-refractivity contribution in [2.45, 2.75) is 38.6 Å². The third-order valence-corrected chi connectivity index (χ3v) is 4.01. The summed E-state index contributed by atoms with van der Waals surface area (Å²) in [5.41, 5.74) is 0.980. The van der Waals surface area contributed by atoms with E-state index in [0.717, 1.165) is 12.2 Å². The summed E-state index contributed by atoms with van der Waals surface area (Å²) in [5.74, 6) is 1.07. The molecule has 100 valence electrons. The fourth-order valence-corrected chi connectivity index (χ4v) is 2.76. The van der Waals surface area contributed by atoms with Crippen LogP contribution in [0.15, 0.2) is 18.6 Å². The molecule has 0 bridgehead atoms. The first-order valence-corrected chi connectivity index (χ1v) is 6.91. The van der Waals surface area contributed by atoms with E-state index < -0.39 is 0 Å². The summed E-state index contributed by atoms with van der Waals surface area (Å²) in [6.45, 7) is 3.40. The van der Waals surface area contributed by atoms with Crippen LogP contribution in [0.3, 0.4) is 0 Å². The van der Waals surface area contributed by atoms with E-state index in [2.05, 4.69) is 22.2 Å². The average molecular weight is 249 g/mol. The maximum atomic E-state index is 9.39. The molecule has 1 aliphatic rings. The molecule has 0 radical (unpaired) electrons. The normalized spacial score (nSPS) is 25.9. The summed E-state index contributed by atoms with van der Waals surface area (Å²) in [7, 11) is 0. The minimum atomic E-state index is 0.222. The van der Waals surface area contributed by atoms with E-state index in [0.29, 0.717) is 18.4 Å².